The molecule has 0 fully saturated rings. The number of nitrogens with two attached hydrogens (primary N) is 1. The van der Waals surface area contributed by atoms with E-state index >= 15 is 0 Å². The molecule has 5 nitrogen and oxygen atoms in total. The van der Waals surface area contributed by atoms with Crippen LogP contribution in [0.2, 0.25) is 0 Å². The Morgan fingerprint density at radius 2 is 2.20 bits per heavy atom. The van der Waals surface area contributed by atoms with Crippen LogP contribution in [0.3, 0.4) is 0 Å². The zero-order chi connectivity index (χ0) is 11.1. The highest BCUT2D eigenvalue weighted by Crippen LogP contribution is 2.02. The summed E-state index contributed by atoms with van der Waals surface area (Å²) in [5.74, 6) is 3.95. The van der Waals surface area contributed by atoms with Gasteiger partial charge in [0.25, 0.3) is 0 Å². The molecule has 0 heterocycles. The molecule has 80 valence electrons. The Labute approximate surface area is 87.6 Å². The normalized spacial score (nSPS) is 12.5. The molecule has 0 aliphatic heterocycles. The minimum Gasteiger partial charge on any atom is -0.480 e. The molecular weight excluding hydrogens is 194 g/mol. The average Bonchev–Trinajstić information content (AvgIpc) is 2.25. The summed E-state index contributed by atoms with van der Waals surface area (Å²) in [6.45, 7) is 0. The van der Waals surface area contributed by atoms with Gasteiger partial charge in [-0.3, -0.25) is 0 Å². The van der Waals surface area contributed by atoms with E-state index in [-0.39, 0.29) is 0 Å². The number of benzene rings is 1. The van der Waals surface area contributed by atoms with Crippen molar-refractivity contribution in [3.8, 4) is 0 Å². The van der Waals surface area contributed by atoms with Gasteiger partial charge in [0.05, 0.1) is 0 Å². The van der Waals surface area contributed by atoms with E-state index in [1.807, 2.05) is 30.3 Å². The molecule has 1 aromatic rings. The van der Waals surface area contributed by atoms with E-state index in [0.29, 0.717) is 6.42 Å². The summed E-state index contributed by atoms with van der Waals surface area (Å²) in [6, 6.07) is 8.65. The number of aliphatic carboxylic acids is 1. The van der Waals surface area contributed by atoms with Gasteiger partial charge in [-0.15, -0.1) is 0 Å². The van der Waals surface area contributed by atoms with E-state index < -0.39 is 12.0 Å². The maximum absolute atomic E-state index is 10.8. The summed E-state index contributed by atoms with van der Waals surface area (Å²) in [5.41, 5.74) is 0.947. The highest BCUT2D eigenvalue weighted by molar-refractivity contribution is 5.77. The Balaban J connectivity index is 2.63. The number of carboxylic acids is 1. The Hall–Kier alpha value is -2.04. The van der Waals surface area contributed by atoms with Crippen LogP contribution in [0, 0.1) is 0 Å². The predicted octanol–water partition coefficient (Wildman–Crippen LogP) is 0.174. The van der Waals surface area contributed by atoms with Crippen LogP contribution in [0.1, 0.15) is 5.56 Å². The Morgan fingerprint density at radius 3 is 2.73 bits per heavy atom. The number of hydrazone groups is 1. The number of hydrogen-bond acceptors (Lipinski definition) is 3. The molecule has 0 amide bonds. The molecule has 0 bridgehead atoms. The van der Waals surface area contributed by atoms with Crippen molar-refractivity contribution >= 4 is 12.3 Å². The van der Waals surface area contributed by atoms with Crippen LogP contribution in [0.15, 0.2) is 35.4 Å². The summed E-state index contributed by atoms with van der Waals surface area (Å²) < 4.78 is 0. The van der Waals surface area contributed by atoms with Gasteiger partial charge in [0.15, 0.2) is 0 Å². The number of carboxylic acid groups (broad SMARTS) is 1. The fraction of sp³-hybridized carbons (Fsp3) is 0.200. The molecule has 15 heavy (non-hydrogen) atoms. The lowest BCUT2D eigenvalue weighted by atomic mass is 10.1. The van der Waals surface area contributed by atoms with Crippen LogP contribution in [0.25, 0.3) is 0 Å². The molecule has 0 aliphatic carbocycles. The van der Waals surface area contributed by atoms with Crippen molar-refractivity contribution in [2.24, 2.45) is 10.9 Å². The van der Waals surface area contributed by atoms with E-state index in [2.05, 4.69) is 10.4 Å². The Kier molecular flexibility index (Phi) is 4.15. The monoisotopic (exact) mass is 207 g/mol. The van der Waals surface area contributed by atoms with Crippen LogP contribution in [0.4, 0.5) is 0 Å². The molecule has 0 saturated heterocycles. The van der Waals surface area contributed by atoms with Gasteiger partial charge in [0.1, 0.15) is 12.4 Å². The first-order chi connectivity index (χ1) is 7.24. The second-order valence-electron chi connectivity index (χ2n) is 3.03. The highest BCUT2D eigenvalue weighted by Gasteiger charge is 2.15. The summed E-state index contributed by atoms with van der Waals surface area (Å²) in [5, 5.41) is 14.7. The molecule has 1 atom stereocenters. The number of hydrogen-bond donors (Lipinski definition) is 3. The van der Waals surface area contributed by atoms with E-state index in [0.717, 1.165) is 5.56 Å². The quantitative estimate of drug-likeness (QED) is 0.278. The third kappa shape index (κ3) is 3.68. The lowest BCUT2D eigenvalue weighted by Gasteiger charge is -2.11. The predicted molar refractivity (Wildman–Crippen MR) is 57.4 cm³/mol. The van der Waals surface area contributed by atoms with Crippen molar-refractivity contribution in [1.82, 2.24) is 5.32 Å². The minimum absolute atomic E-state index is 0.391. The van der Waals surface area contributed by atoms with Crippen molar-refractivity contribution in [2.75, 3.05) is 0 Å². The molecule has 1 aromatic carbocycles. The van der Waals surface area contributed by atoms with Gasteiger partial charge >= 0.3 is 5.97 Å². The Bertz CT molecular complexity index is 338. The molecule has 0 aliphatic rings. The molecule has 0 spiro atoms. The van der Waals surface area contributed by atoms with E-state index in [9.17, 15) is 4.79 Å². The van der Waals surface area contributed by atoms with Gasteiger partial charge in [-0.1, -0.05) is 30.3 Å². The second-order valence-corrected chi connectivity index (χ2v) is 3.03. The first kappa shape index (κ1) is 11.0. The highest BCUT2D eigenvalue weighted by atomic mass is 16.4. The third-order valence-electron chi connectivity index (χ3n) is 1.93. The van der Waals surface area contributed by atoms with Crippen LogP contribution >= 0.6 is 0 Å². The lowest BCUT2D eigenvalue weighted by molar-refractivity contribution is -0.139. The van der Waals surface area contributed by atoms with Crippen LogP contribution < -0.4 is 11.2 Å². The largest absolute Gasteiger partial charge is 0.480 e. The van der Waals surface area contributed by atoms with Gasteiger partial charge in [-0.2, -0.15) is 5.10 Å². The van der Waals surface area contributed by atoms with Crippen molar-refractivity contribution in [2.45, 2.75) is 12.5 Å². The van der Waals surface area contributed by atoms with Gasteiger partial charge in [0, 0.05) is 6.42 Å². The summed E-state index contributed by atoms with van der Waals surface area (Å²) >= 11 is 0. The molecule has 5 heteroatoms. The first-order valence-electron chi connectivity index (χ1n) is 4.48. The minimum atomic E-state index is -0.932. The molecule has 0 radical (unpaired) electrons. The van der Waals surface area contributed by atoms with Crippen molar-refractivity contribution in [3.05, 3.63) is 35.9 Å². The van der Waals surface area contributed by atoms with Crippen LogP contribution in [-0.4, -0.2) is 23.5 Å². The van der Waals surface area contributed by atoms with E-state index in [1.165, 1.54) is 6.34 Å². The van der Waals surface area contributed by atoms with E-state index in [4.69, 9.17) is 10.9 Å². The zero-order valence-corrected chi connectivity index (χ0v) is 8.13. The number of rotatable bonds is 5. The fourth-order valence-electron chi connectivity index (χ4n) is 1.20. The third-order valence-corrected chi connectivity index (χ3v) is 1.93. The number of nitrogens with one attached hydrogen (secondary N) is 1. The molecule has 1 rings (SSSR count). The first-order valence-corrected chi connectivity index (χ1v) is 4.48. The fourth-order valence-corrected chi connectivity index (χ4v) is 1.20. The zero-order valence-electron chi connectivity index (χ0n) is 8.13. The maximum atomic E-state index is 10.8. The standard InChI is InChI=1S/C10H13N3O2/c11-13-7-12-9(10(14)15)6-8-4-2-1-3-5-8/h1-5,7,9H,6,11H2,(H,12,13)(H,14,15). The van der Waals surface area contributed by atoms with Crippen molar-refractivity contribution in [1.29, 1.82) is 0 Å². The van der Waals surface area contributed by atoms with Crippen LogP contribution in [-0.2, 0) is 11.2 Å². The number of carbonyl (C=O) groups is 1. The molecule has 1 unspecified atom stereocenters. The molecular formula is C10H13N3O2. The average molecular weight is 207 g/mol. The second kappa shape index (κ2) is 5.64. The molecule has 0 saturated carbocycles. The topological polar surface area (TPSA) is 87.7 Å². The molecule has 0 aromatic heterocycles. The molecule has 4 N–H and O–H groups in total. The van der Waals surface area contributed by atoms with Crippen molar-refractivity contribution in [3.63, 3.8) is 0 Å². The van der Waals surface area contributed by atoms with Crippen LogP contribution in [0.5, 0.6) is 0 Å². The van der Waals surface area contributed by atoms with E-state index in [1.54, 1.807) is 0 Å². The van der Waals surface area contributed by atoms with Crippen molar-refractivity contribution < 1.29 is 9.90 Å². The lowest BCUT2D eigenvalue weighted by Crippen LogP contribution is -2.37. The summed E-state index contributed by atoms with van der Waals surface area (Å²) in [7, 11) is 0. The smallest absolute Gasteiger partial charge is 0.326 e. The maximum Gasteiger partial charge on any atom is 0.326 e. The van der Waals surface area contributed by atoms with Gasteiger partial charge in [-0.25, -0.2) is 4.79 Å². The Morgan fingerprint density at radius 1 is 1.53 bits per heavy atom. The SMILES string of the molecule is NN=CNC(Cc1ccccc1)C(=O)O. The van der Waals surface area contributed by atoms with Gasteiger partial charge in [0.2, 0.25) is 0 Å². The van der Waals surface area contributed by atoms with Gasteiger partial charge in [-0.05, 0) is 5.56 Å². The summed E-state index contributed by atoms with van der Waals surface area (Å²) in [6.07, 6.45) is 1.57. The number of nitrogens with zero attached hydrogens (tertiary/aromatic N) is 1. The summed E-state index contributed by atoms with van der Waals surface area (Å²) in [4.78, 5) is 10.8. The van der Waals surface area contributed by atoms with Gasteiger partial charge < -0.3 is 16.3 Å².